The highest BCUT2D eigenvalue weighted by atomic mass is 35.5. The average molecular weight is 524 g/mol. The number of benzene rings is 3. The van der Waals surface area contributed by atoms with Crippen molar-refractivity contribution in [3.05, 3.63) is 105 Å². The minimum absolute atomic E-state index is 0.0202. The number of aryl methyl sites for hydroxylation is 1. The highest BCUT2D eigenvalue weighted by Gasteiger charge is 2.32. The van der Waals surface area contributed by atoms with Crippen molar-refractivity contribution < 1.29 is 9.59 Å². The van der Waals surface area contributed by atoms with E-state index in [2.05, 4.69) is 5.32 Å². The van der Waals surface area contributed by atoms with Crippen LogP contribution in [0, 0.1) is 6.92 Å². The molecule has 0 aliphatic heterocycles. The molecule has 1 aliphatic rings. The van der Waals surface area contributed by atoms with Gasteiger partial charge in [0, 0.05) is 29.1 Å². The Bertz CT molecular complexity index is 1160. The number of amides is 2. The predicted molar refractivity (Wildman–Crippen MR) is 146 cm³/mol. The number of carbonyl (C=O) groups excluding carboxylic acids is 2. The number of hydrogen-bond donors (Lipinski definition) is 1. The van der Waals surface area contributed by atoms with Crippen LogP contribution >= 0.6 is 23.2 Å². The third-order valence-corrected chi connectivity index (χ3v) is 7.54. The molecule has 1 N–H and O–H groups in total. The van der Waals surface area contributed by atoms with Gasteiger partial charge in [-0.15, -0.1) is 0 Å². The summed E-state index contributed by atoms with van der Waals surface area (Å²) >= 11 is 12.8. The fourth-order valence-electron chi connectivity index (χ4n) is 4.77. The SMILES string of the molecule is Cc1ccc(CN(C(=O)Cc2c(Cl)cccc2Cl)[C@H](Cc2ccccc2)C(=O)NC2CCCC2)cc1. The van der Waals surface area contributed by atoms with Crippen LogP contribution in [0.2, 0.25) is 10.0 Å². The van der Waals surface area contributed by atoms with Crippen molar-refractivity contribution in [2.75, 3.05) is 0 Å². The van der Waals surface area contributed by atoms with Crippen molar-refractivity contribution in [3.8, 4) is 0 Å². The predicted octanol–water partition coefficient (Wildman–Crippen LogP) is 6.54. The second kappa shape index (κ2) is 12.4. The van der Waals surface area contributed by atoms with E-state index in [4.69, 9.17) is 23.2 Å². The van der Waals surface area contributed by atoms with E-state index in [-0.39, 0.29) is 24.3 Å². The largest absolute Gasteiger partial charge is 0.352 e. The maximum atomic E-state index is 13.9. The van der Waals surface area contributed by atoms with Crippen LogP contribution in [0.1, 0.15) is 47.9 Å². The summed E-state index contributed by atoms with van der Waals surface area (Å²) in [4.78, 5) is 29.3. The Hall–Kier alpha value is -2.82. The summed E-state index contributed by atoms with van der Waals surface area (Å²) in [5, 5.41) is 4.12. The summed E-state index contributed by atoms with van der Waals surface area (Å²) in [7, 11) is 0. The van der Waals surface area contributed by atoms with Crippen molar-refractivity contribution in [2.24, 2.45) is 0 Å². The van der Waals surface area contributed by atoms with Gasteiger partial charge in [0.05, 0.1) is 6.42 Å². The van der Waals surface area contributed by atoms with Crippen LogP contribution in [0.3, 0.4) is 0 Å². The quantitative estimate of drug-likeness (QED) is 0.346. The molecule has 6 heteroatoms. The van der Waals surface area contributed by atoms with E-state index in [1.165, 1.54) is 0 Å². The maximum Gasteiger partial charge on any atom is 0.243 e. The highest BCUT2D eigenvalue weighted by Crippen LogP contribution is 2.27. The Morgan fingerprint density at radius 3 is 2.17 bits per heavy atom. The summed E-state index contributed by atoms with van der Waals surface area (Å²) in [6, 6.07) is 22.6. The minimum Gasteiger partial charge on any atom is -0.352 e. The summed E-state index contributed by atoms with van der Waals surface area (Å²) in [6.07, 6.45) is 4.63. The van der Waals surface area contributed by atoms with Crippen LogP contribution in [0.4, 0.5) is 0 Å². The monoisotopic (exact) mass is 522 g/mol. The van der Waals surface area contributed by atoms with Gasteiger partial charge < -0.3 is 10.2 Å². The number of halogens is 2. The molecule has 188 valence electrons. The van der Waals surface area contributed by atoms with E-state index in [0.29, 0.717) is 28.6 Å². The molecule has 4 rings (SSSR count). The molecule has 3 aromatic carbocycles. The van der Waals surface area contributed by atoms with Gasteiger partial charge in [-0.2, -0.15) is 0 Å². The van der Waals surface area contributed by atoms with Crippen molar-refractivity contribution >= 4 is 35.0 Å². The molecule has 0 saturated heterocycles. The topological polar surface area (TPSA) is 49.4 Å². The third-order valence-electron chi connectivity index (χ3n) is 6.84. The first-order chi connectivity index (χ1) is 17.4. The Kier molecular flexibility index (Phi) is 9.06. The van der Waals surface area contributed by atoms with Crippen LogP contribution in [0.25, 0.3) is 0 Å². The molecular weight excluding hydrogens is 491 g/mol. The van der Waals surface area contributed by atoms with Crippen molar-refractivity contribution in [3.63, 3.8) is 0 Å². The molecule has 1 fully saturated rings. The molecule has 1 aliphatic carbocycles. The van der Waals surface area contributed by atoms with Gasteiger partial charge in [-0.25, -0.2) is 0 Å². The van der Waals surface area contributed by atoms with E-state index in [0.717, 1.165) is 42.4 Å². The lowest BCUT2D eigenvalue weighted by molar-refractivity contribution is -0.141. The molecule has 2 amide bonds. The van der Waals surface area contributed by atoms with Gasteiger partial charge in [0.25, 0.3) is 0 Å². The van der Waals surface area contributed by atoms with Crippen LogP contribution in [-0.2, 0) is 29.0 Å². The smallest absolute Gasteiger partial charge is 0.243 e. The van der Waals surface area contributed by atoms with Crippen LogP contribution in [0.15, 0.2) is 72.8 Å². The van der Waals surface area contributed by atoms with E-state index in [1.807, 2.05) is 61.5 Å². The lowest BCUT2D eigenvalue weighted by Gasteiger charge is -2.32. The van der Waals surface area contributed by atoms with Crippen LogP contribution < -0.4 is 5.32 Å². The normalized spacial score (nSPS) is 14.4. The fourth-order valence-corrected chi connectivity index (χ4v) is 5.30. The standard InChI is InChI=1S/C30H32Cl2N2O2/c1-21-14-16-23(17-15-21)20-34(29(35)19-25-26(31)12-7-13-27(25)32)28(18-22-8-3-2-4-9-22)30(36)33-24-10-5-6-11-24/h2-4,7-9,12-17,24,28H,5-6,10-11,18-20H2,1H3,(H,33,36)/t28-/m1/s1. The molecule has 36 heavy (non-hydrogen) atoms. The maximum absolute atomic E-state index is 13.9. The molecule has 0 bridgehead atoms. The summed E-state index contributed by atoms with van der Waals surface area (Å²) in [6.45, 7) is 2.34. The first kappa shape index (κ1) is 26.2. The average Bonchev–Trinajstić information content (AvgIpc) is 3.38. The fraction of sp³-hybridized carbons (Fsp3) is 0.333. The first-order valence-electron chi connectivity index (χ1n) is 12.5. The van der Waals surface area contributed by atoms with E-state index < -0.39 is 6.04 Å². The lowest BCUT2D eigenvalue weighted by atomic mass is 10.0. The van der Waals surface area contributed by atoms with Crippen molar-refractivity contribution in [1.82, 2.24) is 10.2 Å². The third kappa shape index (κ3) is 6.89. The molecule has 0 radical (unpaired) electrons. The van der Waals surface area contributed by atoms with Crippen LogP contribution in [0.5, 0.6) is 0 Å². The van der Waals surface area contributed by atoms with Gasteiger partial charge in [-0.3, -0.25) is 9.59 Å². The molecule has 3 aromatic rings. The Morgan fingerprint density at radius 2 is 1.53 bits per heavy atom. The summed E-state index contributed by atoms with van der Waals surface area (Å²) < 4.78 is 0. The number of hydrogen-bond acceptors (Lipinski definition) is 2. The van der Waals surface area contributed by atoms with Gasteiger partial charge in [-0.1, -0.05) is 102 Å². The van der Waals surface area contributed by atoms with Gasteiger partial charge in [0.2, 0.25) is 11.8 Å². The number of carbonyl (C=O) groups is 2. The summed E-state index contributed by atoms with van der Waals surface area (Å²) in [5.41, 5.74) is 3.68. The van der Waals surface area contributed by atoms with Crippen molar-refractivity contribution in [2.45, 2.75) is 64.1 Å². The molecule has 0 unspecified atom stereocenters. The van der Waals surface area contributed by atoms with E-state index in [1.54, 1.807) is 23.1 Å². The second-order valence-electron chi connectivity index (χ2n) is 9.58. The molecule has 0 heterocycles. The molecule has 0 aromatic heterocycles. The number of rotatable bonds is 9. The van der Waals surface area contributed by atoms with Gasteiger partial charge in [0.15, 0.2) is 0 Å². The lowest BCUT2D eigenvalue weighted by Crippen LogP contribution is -2.52. The molecule has 0 spiro atoms. The highest BCUT2D eigenvalue weighted by molar-refractivity contribution is 6.36. The summed E-state index contributed by atoms with van der Waals surface area (Å²) in [5.74, 6) is -0.301. The number of nitrogens with zero attached hydrogens (tertiary/aromatic N) is 1. The van der Waals surface area contributed by atoms with E-state index in [9.17, 15) is 9.59 Å². The minimum atomic E-state index is -0.664. The first-order valence-corrected chi connectivity index (χ1v) is 13.3. The Labute approximate surface area is 223 Å². The van der Waals surface area contributed by atoms with Gasteiger partial charge >= 0.3 is 0 Å². The zero-order valence-electron chi connectivity index (χ0n) is 20.6. The van der Waals surface area contributed by atoms with Gasteiger partial charge in [0.1, 0.15) is 6.04 Å². The molecule has 1 saturated carbocycles. The molecule has 4 nitrogen and oxygen atoms in total. The molecular formula is C30H32Cl2N2O2. The van der Waals surface area contributed by atoms with E-state index >= 15 is 0 Å². The Morgan fingerprint density at radius 1 is 0.889 bits per heavy atom. The Balaban J connectivity index is 1.68. The zero-order chi connectivity index (χ0) is 25.5. The van der Waals surface area contributed by atoms with Crippen molar-refractivity contribution in [1.29, 1.82) is 0 Å². The molecule has 1 atom stereocenters. The number of nitrogens with one attached hydrogen (secondary N) is 1. The van der Waals surface area contributed by atoms with Gasteiger partial charge in [-0.05, 0) is 48.6 Å². The van der Waals surface area contributed by atoms with Crippen LogP contribution in [-0.4, -0.2) is 28.8 Å². The zero-order valence-corrected chi connectivity index (χ0v) is 22.1. The second-order valence-corrected chi connectivity index (χ2v) is 10.4.